The summed E-state index contributed by atoms with van der Waals surface area (Å²) in [4.78, 5) is 0. The zero-order valence-electron chi connectivity index (χ0n) is 10.7. The van der Waals surface area contributed by atoms with Gasteiger partial charge in [-0.25, -0.2) is 0 Å². The van der Waals surface area contributed by atoms with E-state index in [1.165, 1.54) is 30.4 Å². The zero-order chi connectivity index (χ0) is 11.6. The van der Waals surface area contributed by atoms with E-state index in [0.29, 0.717) is 11.3 Å². The highest BCUT2D eigenvalue weighted by molar-refractivity contribution is 5.31. The van der Waals surface area contributed by atoms with Crippen molar-refractivity contribution in [3.63, 3.8) is 0 Å². The summed E-state index contributed by atoms with van der Waals surface area (Å²) in [6, 6.07) is 9.25. The van der Waals surface area contributed by atoms with Gasteiger partial charge >= 0.3 is 0 Å². The monoisotopic (exact) mass is 214 g/mol. The predicted molar refractivity (Wildman–Crippen MR) is 70.9 cm³/mol. The number of hydrogen-bond acceptors (Lipinski definition) is 0. The van der Waals surface area contributed by atoms with E-state index in [2.05, 4.69) is 57.2 Å². The summed E-state index contributed by atoms with van der Waals surface area (Å²) in [5.41, 5.74) is 3.31. The summed E-state index contributed by atoms with van der Waals surface area (Å²) in [5.74, 6) is 0.633. The average molecular weight is 214 g/mol. The van der Waals surface area contributed by atoms with Gasteiger partial charge in [-0.2, -0.15) is 0 Å². The number of benzene rings is 1. The Balaban J connectivity index is 2.24. The van der Waals surface area contributed by atoms with Crippen LogP contribution in [-0.4, -0.2) is 0 Å². The van der Waals surface area contributed by atoms with Crippen LogP contribution in [-0.2, 0) is 5.41 Å². The van der Waals surface area contributed by atoms with Crippen molar-refractivity contribution in [3.8, 4) is 0 Å². The number of rotatable bonds is 2. The maximum absolute atomic E-state index is 2.39. The molecule has 16 heavy (non-hydrogen) atoms. The maximum Gasteiger partial charge on any atom is -0.00379 e. The number of hydrogen-bond donors (Lipinski definition) is 0. The second-order valence-electron chi connectivity index (χ2n) is 5.55. The van der Waals surface area contributed by atoms with Crippen molar-refractivity contribution in [2.45, 2.75) is 51.4 Å². The zero-order valence-corrected chi connectivity index (χ0v) is 10.7. The minimum atomic E-state index is 0.365. The molecule has 1 aliphatic rings. The van der Waals surface area contributed by atoms with Gasteiger partial charge < -0.3 is 0 Å². The fourth-order valence-corrected chi connectivity index (χ4v) is 2.50. The summed E-state index contributed by atoms with van der Waals surface area (Å²) in [7, 11) is 0. The minimum absolute atomic E-state index is 0.365. The normalized spacial score (nSPS) is 25.0. The summed E-state index contributed by atoms with van der Waals surface area (Å²) in [6.45, 7) is 6.89. The SMILES string of the molecule is CC(C)c1ccc(C2(C)CC=CCC2)cc1. The highest BCUT2D eigenvalue weighted by Gasteiger charge is 2.26. The fraction of sp³-hybridized carbons (Fsp3) is 0.500. The van der Waals surface area contributed by atoms with Gasteiger partial charge in [-0.1, -0.05) is 57.2 Å². The van der Waals surface area contributed by atoms with Crippen molar-refractivity contribution in [1.82, 2.24) is 0 Å². The van der Waals surface area contributed by atoms with E-state index in [-0.39, 0.29) is 0 Å². The lowest BCUT2D eigenvalue weighted by atomic mass is 9.73. The van der Waals surface area contributed by atoms with E-state index in [1.54, 1.807) is 0 Å². The first-order valence-electron chi connectivity index (χ1n) is 6.37. The highest BCUT2D eigenvalue weighted by Crippen LogP contribution is 2.36. The standard InChI is InChI=1S/C16H22/c1-13(2)14-7-9-15(10-8-14)16(3)11-5-4-6-12-16/h4-5,7-10,13H,6,11-12H2,1-3H3. The first-order valence-corrected chi connectivity index (χ1v) is 6.37. The minimum Gasteiger partial charge on any atom is -0.0885 e. The Kier molecular flexibility index (Phi) is 3.18. The van der Waals surface area contributed by atoms with Crippen molar-refractivity contribution in [2.75, 3.05) is 0 Å². The quantitative estimate of drug-likeness (QED) is 0.620. The van der Waals surface area contributed by atoms with E-state index in [0.717, 1.165) is 0 Å². The van der Waals surface area contributed by atoms with Gasteiger partial charge in [0, 0.05) is 0 Å². The van der Waals surface area contributed by atoms with Crippen molar-refractivity contribution < 1.29 is 0 Å². The van der Waals surface area contributed by atoms with Crippen LogP contribution in [0.15, 0.2) is 36.4 Å². The molecule has 0 spiro atoms. The average Bonchev–Trinajstić information content (AvgIpc) is 2.30. The van der Waals surface area contributed by atoms with Crippen LogP contribution in [0.5, 0.6) is 0 Å². The topological polar surface area (TPSA) is 0 Å². The maximum atomic E-state index is 2.39. The lowest BCUT2D eigenvalue weighted by Crippen LogP contribution is -2.22. The van der Waals surface area contributed by atoms with Crippen molar-refractivity contribution >= 4 is 0 Å². The number of allylic oxidation sites excluding steroid dienone is 2. The summed E-state index contributed by atoms with van der Waals surface area (Å²) >= 11 is 0. The van der Waals surface area contributed by atoms with Crippen molar-refractivity contribution in [2.24, 2.45) is 0 Å². The van der Waals surface area contributed by atoms with E-state index in [9.17, 15) is 0 Å². The van der Waals surface area contributed by atoms with Gasteiger partial charge in [0.25, 0.3) is 0 Å². The van der Waals surface area contributed by atoms with Crippen LogP contribution in [0.3, 0.4) is 0 Å². The summed E-state index contributed by atoms with van der Waals surface area (Å²) < 4.78 is 0. The Morgan fingerprint density at radius 1 is 1.06 bits per heavy atom. The highest BCUT2D eigenvalue weighted by atomic mass is 14.3. The van der Waals surface area contributed by atoms with Crippen LogP contribution in [0.25, 0.3) is 0 Å². The molecule has 0 radical (unpaired) electrons. The Morgan fingerprint density at radius 2 is 1.75 bits per heavy atom. The van der Waals surface area contributed by atoms with Gasteiger partial charge in [-0.05, 0) is 41.7 Å². The molecule has 1 aromatic carbocycles. The van der Waals surface area contributed by atoms with Crippen LogP contribution in [0.4, 0.5) is 0 Å². The molecule has 2 rings (SSSR count). The van der Waals surface area contributed by atoms with Gasteiger partial charge in [-0.15, -0.1) is 0 Å². The molecule has 0 N–H and O–H groups in total. The molecule has 0 saturated heterocycles. The summed E-state index contributed by atoms with van der Waals surface area (Å²) in [5, 5.41) is 0. The molecular formula is C16H22. The van der Waals surface area contributed by atoms with Crippen molar-refractivity contribution in [3.05, 3.63) is 47.5 Å². The molecular weight excluding hydrogens is 192 g/mol. The Bertz CT molecular complexity index is 370. The largest absolute Gasteiger partial charge is 0.0885 e. The molecule has 1 aliphatic carbocycles. The van der Waals surface area contributed by atoms with Crippen LogP contribution in [0, 0.1) is 0 Å². The second-order valence-corrected chi connectivity index (χ2v) is 5.55. The van der Waals surface area contributed by atoms with E-state index < -0.39 is 0 Å². The van der Waals surface area contributed by atoms with Crippen LogP contribution >= 0.6 is 0 Å². The Hall–Kier alpha value is -1.04. The fourth-order valence-electron chi connectivity index (χ4n) is 2.50. The van der Waals surface area contributed by atoms with E-state index in [4.69, 9.17) is 0 Å². The molecule has 0 bridgehead atoms. The lowest BCUT2D eigenvalue weighted by molar-refractivity contribution is 0.428. The molecule has 1 unspecified atom stereocenters. The smallest absolute Gasteiger partial charge is 0.00379 e. The molecule has 86 valence electrons. The van der Waals surface area contributed by atoms with Crippen molar-refractivity contribution in [1.29, 1.82) is 0 Å². The molecule has 1 atom stereocenters. The third-order valence-electron chi connectivity index (χ3n) is 3.87. The van der Waals surface area contributed by atoms with Gasteiger partial charge in [0.15, 0.2) is 0 Å². The van der Waals surface area contributed by atoms with Crippen LogP contribution in [0.1, 0.15) is 57.1 Å². The van der Waals surface area contributed by atoms with E-state index in [1.807, 2.05) is 0 Å². The van der Waals surface area contributed by atoms with Gasteiger partial charge in [0.05, 0.1) is 0 Å². The molecule has 0 fully saturated rings. The molecule has 0 aliphatic heterocycles. The first kappa shape index (κ1) is 11.4. The van der Waals surface area contributed by atoms with Crippen LogP contribution in [0.2, 0.25) is 0 Å². The van der Waals surface area contributed by atoms with Gasteiger partial charge in [-0.3, -0.25) is 0 Å². The van der Waals surface area contributed by atoms with Crippen LogP contribution < -0.4 is 0 Å². The third kappa shape index (κ3) is 2.21. The molecule has 0 amide bonds. The molecule has 0 saturated carbocycles. The Morgan fingerprint density at radius 3 is 2.25 bits per heavy atom. The molecule has 1 aromatic rings. The third-order valence-corrected chi connectivity index (χ3v) is 3.87. The molecule has 0 heteroatoms. The molecule has 0 aromatic heterocycles. The predicted octanol–water partition coefficient (Wildman–Crippen LogP) is 4.81. The van der Waals surface area contributed by atoms with E-state index >= 15 is 0 Å². The lowest BCUT2D eigenvalue weighted by Gasteiger charge is -2.31. The second kappa shape index (κ2) is 4.45. The first-order chi connectivity index (χ1) is 7.62. The summed E-state index contributed by atoms with van der Waals surface area (Å²) in [6.07, 6.45) is 8.34. The van der Waals surface area contributed by atoms with Gasteiger partial charge in [0.2, 0.25) is 0 Å². The molecule has 0 heterocycles. The Labute approximate surface area is 99.4 Å². The molecule has 0 nitrogen and oxygen atoms in total. The van der Waals surface area contributed by atoms with Gasteiger partial charge in [0.1, 0.15) is 0 Å².